The molecule has 1 amide bonds. The lowest BCUT2D eigenvalue weighted by Crippen LogP contribution is -2.33. The summed E-state index contributed by atoms with van der Waals surface area (Å²) in [6.45, 7) is 3.46. The predicted molar refractivity (Wildman–Crippen MR) is 134 cm³/mol. The quantitative estimate of drug-likeness (QED) is 0.327. The molecule has 0 saturated carbocycles. The highest BCUT2D eigenvalue weighted by atomic mass is 16.5. The van der Waals surface area contributed by atoms with E-state index >= 15 is 0 Å². The van der Waals surface area contributed by atoms with Gasteiger partial charge in [0.25, 0.3) is 5.91 Å². The highest BCUT2D eigenvalue weighted by Crippen LogP contribution is 2.27. The minimum absolute atomic E-state index is 0.285. The summed E-state index contributed by atoms with van der Waals surface area (Å²) in [5.74, 6) is 0.371. The van der Waals surface area contributed by atoms with Crippen molar-refractivity contribution in [3.63, 3.8) is 0 Å². The molecule has 1 unspecified atom stereocenters. The highest BCUT2D eigenvalue weighted by Gasteiger charge is 2.14. The van der Waals surface area contributed by atoms with Gasteiger partial charge in [0.2, 0.25) is 0 Å². The zero-order valence-electron chi connectivity index (χ0n) is 19.6. The first kappa shape index (κ1) is 23.9. The fraction of sp³-hybridized carbons (Fsp3) is 0.214. The molecule has 2 aromatic heterocycles. The Morgan fingerprint density at radius 2 is 1.89 bits per heavy atom. The summed E-state index contributed by atoms with van der Waals surface area (Å²) in [6, 6.07) is 22.8. The first-order valence-electron chi connectivity index (χ1n) is 11.6. The molecule has 0 radical (unpaired) electrons. The Morgan fingerprint density at radius 3 is 2.69 bits per heavy atom. The zero-order valence-corrected chi connectivity index (χ0v) is 19.6. The molecule has 7 nitrogen and oxygen atoms in total. The third-order valence-electron chi connectivity index (χ3n) is 5.65. The largest absolute Gasteiger partial charge is 0.356 e. The van der Waals surface area contributed by atoms with Crippen LogP contribution in [0.1, 0.15) is 34.8 Å². The highest BCUT2D eigenvalue weighted by molar-refractivity contribution is 5.95. The molecule has 0 saturated heterocycles. The topological polar surface area (TPSA) is 104 Å². The second-order valence-electron chi connectivity index (χ2n) is 8.21. The summed E-state index contributed by atoms with van der Waals surface area (Å²) in [5.41, 5.74) is 5.17. The summed E-state index contributed by atoms with van der Waals surface area (Å²) < 4.78 is 5.62. The van der Waals surface area contributed by atoms with Crippen LogP contribution in [0.3, 0.4) is 0 Å². The van der Waals surface area contributed by atoms with Crippen molar-refractivity contribution in [2.45, 2.75) is 32.4 Å². The fourth-order valence-corrected chi connectivity index (χ4v) is 3.68. The van der Waals surface area contributed by atoms with Crippen molar-refractivity contribution >= 4 is 5.91 Å². The van der Waals surface area contributed by atoms with Crippen LogP contribution >= 0.6 is 0 Å². The summed E-state index contributed by atoms with van der Waals surface area (Å²) in [4.78, 5) is 16.6. The number of carbonyl (C=O) groups excluding carboxylic acids is 1. The van der Waals surface area contributed by atoms with Gasteiger partial charge in [0.15, 0.2) is 5.76 Å². The minimum atomic E-state index is -0.512. The number of rotatable bonds is 10. The molecular weight excluding hydrogens is 438 g/mol. The number of aromatic nitrogens is 2. The third-order valence-corrected chi connectivity index (χ3v) is 5.65. The Hall–Kier alpha value is -4.28. The van der Waals surface area contributed by atoms with Crippen LogP contribution in [-0.4, -0.2) is 28.6 Å². The molecule has 2 aromatic carbocycles. The van der Waals surface area contributed by atoms with E-state index in [0.29, 0.717) is 23.4 Å². The molecule has 0 aliphatic heterocycles. The van der Waals surface area contributed by atoms with Gasteiger partial charge in [-0.05, 0) is 54.8 Å². The van der Waals surface area contributed by atoms with Gasteiger partial charge in [0, 0.05) is 41.7 Å². The summed E-state index contributed by atoms with van der Waals surface area (Å²) >= 11 is 0. The molecule has 7 heteroatoms. The van der Waals surface area contributed by atoms with Crippen molar-refractivity contribution in [2.24, 2.45) is 0 Å². The maximum atomic E-state index is 12.5. The Kier molecular flexibility index (Phi) is 8.00. The van der Waals surface area contributed by atoms with Gasteiger partial charge >= 0.3 is 0 Å². The minimum Gasteiger partial charge on any atom is -0.356 e. The smallest absolute Gasteiger partial charge is 0.252 e. The second-order valence-corrected chi connectivity index (χ2v) is 8.21. The number of pyridine rings is 1. The molecule has 0 fully saturated rings. The Balaban J connectivity index is 1.40. The fourth-order valence-electron chi connectivity index (χ4n) is 3.68. The summed E-state index contributed by atoms with van der Waals surface area (Å²) in [5, 5.41) is 19.5. The standard InChI is InChI=1S/C28H27N5O2/c1-2-25(17-29)32-28(34)24-10-4-8-22(15-24)26-16-27(35-33-26)23-9-3-6-21(14-23)19-31-13-11-20-7-5-12-30-18-20/h3-10,12,14-16,18,25,31H,2,11,13,19H2,1H3,(H,32,34). The van der Waals surface area contributed by atoms with Crippen molar-refractivity contribution in [2.75, 3.05) is 6.54 Å². The van der Waals surface area contributed by atoms with Crippen molar-refractivity contribution < 1.29 is 9.32 Å². The number of nitrogens with one attached hydrogen (secondary N) is 2. The Bertz CT molecular complexity index is 1310. The van der Waals surface area contributed by atoms with Gasteiger partial charge in [-0.25, -0.2) is 0 Å². The third kappa shape index (κ3) is 6.40. The van der Waals surface area contributed by atoms with Crippen LogP contribution in [-0.2, 0) is 13.0 Å². The molecule has 0 aliphatic rings. The van der Waals surface area contributed by atoms with E-state index < -0.39 is 6.04 Å². The normalized spacial score (nSPS) is 11.5. The van der Waals surface area contributed by atoms with E-state index in [2.05, 4.69) is 45.0 Å². The van der Waals surface area contributed by atoms with Crippen LogP contribution < -0.4 is 10.6 Å². The molecule has 35 heavy (non-hydrogen) atoms. The second kappa shape index (κ2) is 11.7. The van der Waals surface area contributed by atoms with Crippen LogP contribution in [0, 0.1) is 11.3 Å². The van der Waals surface area contributed by atoms with Crippen molar-refractivity contribution in [3.05, 3.63) is 95.8 Å². The SMILES string of the molecule is CCC(C#N)NC(=O)c1cccc(-c2cc(-c3cccc(CNCCc4cccnc4)c3)on2)c1. The van der Waals surface area contributed by atoms with Gasteiger partial charge in [-0.2, -0.15) is 5.26 Å². The number of hydrogen-bond acceptors (Lipinski definition) is 6. The van der Waals surface area contributed by atoms with Crippen LogP contribution in [0.2, 0.25) is 0 Å². The van der Waals surface area contributed by atoms with E-state index in [1.54, 1.807) is 24.4 Å². The summed E-state index contributed by atoms with van der Waals surface area (Å²) in [7, 11) is 0. The van der Waals surface area contributed by atoms with E-state index in [-0.39, 0.29) is 5.91 Å². The predicted octanol–water partition coefficient (Wildman–Crippen LogP) is 4.77. The molecule has 0 bridgehead atoms. The number of hydrogen-bond donors (Lipinski definition) is 2. The molecule has 4 aromatic rings. The molecule has 4 rings (SSSR count). The van der Waals surface area contributed by atoms with Crippen molar-refractivity contribution in [3.8, 4) is 28.7 Å². The van der Waals surface area contributed by atoms with Crippen molar-refractivity contribution in [1.82, 2.24) is 20.8 Å². The summed E-state index contributed by atoms with van der Waals surface area (Å²) in [6.07, 6.45) is 5.14. The number of nitriles is 1. The van der Waals surface area contributed by atoms with Gasteiger partial charge in [-0.3, -0.25) is 9.78 Å². The molecule has 1 atom stereocenters. The first-order chi connectivity index (χ1) is 17.2. The molecule has 0 spiro atoms. The number of carbonyl (C=O) groups is 1. The average molecular weight is 466 g/mol. The van der Waals surface area contributed by atoms with E-state index in [9.17, 15) is 4.79 Å². The van der Waals surface area contributed by atoms with Crippen LogP contribution in [0.4, 0.5) is 0 Å². The number of nitrogens with zero attached hydrogens (tertiary/aromatic N) is 3. The molecule has 176 valence electrons. The van der Waals surface area contributed by atoms with Gasteiger partial charge < -0.3 is 15.2 Å². The first-order valence-corrected chi connectivity index (χ1v) is 11.6. The maximum absolute atomic E-state index is 12.5. The molecule has 2 N–H and O–H groups in total. The Labute approximate surface area is 204 Å². The van der Waals surface area contributed by atoms with Gasteiger partial charge in [0.1, 0.15) is 11.7 Å². The van der Waals surface area contributed by atoms with Crippen LogP contribution in [0.15, 0.2) is 83.6 Å². The van der Waals surface area contributed by atoms with Gasteiger partial charge in [-0.15, -0.1) is 0 Å². The Morgan fingerprint density at radius 1 is 1.06 bits per heavy atom. The lowest BCUT2D eigenvalue weighted by Gasteiger charge is -2.09. The lowest BCUT2D eigenvalue weighted by molar-refractivity contribution is 0.0944. The van der Waals surface area contributed by atoms with Crippen molar-refractivity contribution in [1.29, 1.82) is 5.26 Å². The number of amides is 1. The lowest BCUT2D eigenvalue weighted by atomic mass is 10.0. The van der Waals surface area contributed by atoms with Gasteiger partial charge in [0.05, 0.1) is 6.07 Å². The molecule has 2 heterocycles. The average Bonchev–Trinajstić information content (AvgIpc) is 3.41. The van der Waals surface area contributed by atoms with E-state index in [4.69, 9.17) is 9.78 Å². The van der Waals surface area contributed by atoms with E-state index in [1.807, 2.05) is 43.5 Å². The maximum Gasteiger partial charge on any atom is 0.252 e. The van der Waals surface area contributed by atoms with E-state index in [1.165, 1.54) is 5.56 Å². The zero-order chi connectivity index (χ0) is 24.5. The number of benzene rings is 2. The monoisotopic (exact) mass is 465 g/mol. The van der Waals surface area contributed by atoms with Gasteiger partial charge in [-0.1, -0.05) is 48.5 Å². The van der Waals surface area contributed by atoms with Crippen LogP contribution in [0.5, 0.6) is 0 Å². The molecule has 0 aliphatic carbocycles. The van der Waals surface area contributed by atoms with E-state index in [0.717, 1.165) is 36.2 Å². The van der Waals surface area contributed by atoms with Crippen LogP contribution in [0.25, 0.3) is 22.6 Å². The molecular formula is C28H27N5O2.